The van der Waals surface area contributed by atoms with Crippen molar-refractivity contribution in [1.82, 2.24) is 0 Å². The minimum atomic E-state index is 1.13. The molecule has 0 fully saturated rings. The smallest absolute Gasteiger partial charge is 0.0228 e. The average Bonchev–Trinajstić information content (AvgIpc) is 1.98. The van der Waals surface area contributed by atoms with Crippen LogP contribution >= 0.6 is 22.6 Å². The fourth-order valence-corrected chi connectivity index (χ4v) is 0.887. The summed E-state index contributed by atoms with van der Waals surface area (Å²) in [4.78, 5) is 0. The van der Waals surface area contributed by atoms with Crippen molar-refractivity contribution in [3.8, 4) is 0 Å². The van der Waals surface area contributed by atoms with E-state index in [1.54, 1.807) is 0 Å². The third kappa shape index (κ3) is 4.56. The minimum absolute atomic E-state index is 1.13. The maximum atomic E-state index is 3.68. The van der Waals surface area contributed by atoms with E-state index in [0.717, 1.165) is 5.57 Å². The van der Waals surface area contributed by atoms with Gasteiger partial charge in [0.15, 0.2) is 0 Å². The molecule has 0 spiro atoms. The van der Waals surface area contributed by atoms with Gasteiger partial charge in [-0.05, 0) is 22.7 Å². The van der Waals surface area contributed by atoms with Gasteiger partial charge in [-0.3, -0.25) is 0 Å². The quantitative estimate of drug-likeness (QED) is 0.527. The topological polar surface area (TPSA) is 0 Å². The summed E-state index contributed by atoms with van der Waals surface area (Å²) in [6, 6.07) is 0. The minimum Gasteiger partial charge on any atom is -0.0985 e. The molecule has 0 unspecified atom stereocenters. The summed E-state index contributed by atoms with van der Waals surface area (Å²) < 4.78 is 1.97. The van der Waals surface area contributed by atoms with Crippen molar-refractivity contribution in [2.24, 2.45) is 0 Å². The van der Waals surface area contributed by atoms with Crippen molar-refractivity contribution in [3.63, 3.8) is 0 Å². The summed E-state index contributed by atoms with van der Waals surface area (Å²) in [6.07, 6.45) is 9.84. The van der Waals surface area contributed by atoms with Gasteiger partial charge in [0.05, 0.1) is 0 Å². The second-order valence-electron chi connectivity index (χ2n) is 1.69. The van der Waals surface area contributed by atoms with E-state index in [0.29, 0.717) is 0 Å². The van der Waals surface area contributed by atoms with E-state index in [4.69, 9.17) is 0 Å². The van der Waals surface area contributed by atoms with Crippen LogP contribution in [-0.4, -0.2) is 0 Å². The van der Waals surface area contributed by atoms with E-state index >= 15 is 0 Å². The average molecular weight is 246 g/mol. The van der Waals surface area contributed by atoms with Crippen molar-refractivity contribution < 1.29 is 0 Å². The molecule has 0 aromatic rings. The highest BCUT2D eigenvalue weighted by atomic mass is 127. The Morgan fingerprint density at radius 2 is 2.20 bits per heavy atom. The molecule has 0 bridgehead atoms. The Morgan fingerprint density at radius 1 is 1.50 bits per heavy atom. The highest BCUT2D eigenvalue weighted by Crippen LogP contribution is 2.00. The zero-order valence-corrected chi connectivity index (χ0v) is 8.21. The molecule has 0 aliphatic carbocycles. The van der Waals surface area contributed by atoms with E-state index in [1.165, 1.54) is 0 Å². The molecular formula is C9H11I. The van der Waals surface area contributed by atoms with Gasteiger partial charge in [0.1, 0.15) is 0 Å². The van der Waals surface area contributed by atoms with Crippen LogP contribution < -0.4 is 0 Å². The Labute approximate surface area is 76.2 Å². The third-order valence-electron chi connectivity index (χ3n) is 0.972. The first kappa shape index (κ1) is 9.69. The zero-order valence-electron chi connectivity index (χ0n) is 6.05. The van der Waals surface area contributed by atoms with Crippen molar-refractivity contribution in [2.45, 2.75) is 6.92 Å². The normalized spacial score (nSPS) is 13.2. The van der Waals surface area contributed by atoms with Crippen LogP contribution in [0.25, 0.3) is 0 Å². The van der Waals surface area contributed by atoms with E-state index < -0.39 is 0 Å². The lowest BCUT2D eigenvalue weighted by Crippen LogP contribution is -1.65. The third-order valence-corrected chi connectivity index (χ3v) is 1.33. The van der Waals surface area contributed by atoms with Crippen LogP contribution in [0.1, 0.15) is 6.92 Å². The molecule has 0 amide bonds. The number of rotatable bonds is 3. The highest BCUT2D eigenvalue weighted by molar-refractivity contribution is 14.1. The van der Waals surface area contributed by atoms with Gasteiger partial charge in [-0.25, -0.2) is 0 Å². The Kier molecular flexibility index (Phi) is 6.59. The molecule has 0 aromatic carbocycles. The van der Waals surface area contributed by atoms with Gasteiger partial charge in [-0.1, -0.05) is 53.5 Å². The lowest BCUT2D eigenvalue weighted by molar-refractivity contribution is 1.67. The molecule has 0 N–H and O–H groups in total. The predicted molar refractivity (Wildman–Crippen MR) is 56.3 cm³/mol. The van der Waals surface area contributed by atoms with Gasteiger partial charge < -0.3 is 0 Å². The first-order valence-corrected chi connectivity index (χ1v) is 4.32. The molecular weight excluding hydrogens is 235 g/mol. The molecule has 0 heterocycles. The maximum Gasteiger partial charge on any atom is -0.0228 e. The van der Waals surface area contributed by atoms with Crippen molar-refractivity contribution in [2.75, 3.05) is 0 Å². The number of allylic oxidation sites excluding steroid dienone is 6. The molecule has 0 aliphatic rings. The Bertz CT molecular complexity index is 173. The summed E-state index contributed by atoms with van der Waals surface area (Å²) in [7, 11) is 0. The molecule has 0 aromatic heterocycles. The fourth-order valence-electron chi connectivity index (χ4n) is 0.472. The summed E-state index contributed by atoms with van der Waals surface area (Å²) in [6.45, 7) is 5.67. The number of hydrogen-bond acceptors (Lipinski definition) is 0. The van der Waals surface area contributed by atoms with Crippen LogP contribution in [-0.2, 0) is 0 Å². The predicted octanol–water partition coefficient (Wildman–Crippen LogP) is 3.62. The molecule has 10 heavy (non-hydrogen) atoms. The summed E-state index contributed by atoms with van der Waals surface area (Å²) >= 11 is 2.18. The molecule has 0 rings (SSSR count). The molecule has 1 heteroatoms. The molecule has 0 saturated heterocycles. The highest BCUT2D eigenvalue weighted by Gasteiger charge is 1.77. The summed E-state index contributed by atoms with van der Waals surface area (Å²) in [5.41, 5.74) is 1.13. The Hall–Kier alpha value is -0.310. The summed E-state index contributed by atoms with van der Waals surface area (Å²) in [5, 5.41) is 0. The maximum absolute atomic E-state index is 3.68. The molecule has 0 nitrogen and oxygen atoms in total. The second-order valence-corrected chi connectivity index (χ2v) is 2.41. The van der Waals surface area contributed by atoms with Crippen LogP contribution in [0.15, 0.2) is 46.6 Å². The Balaban J connectivity index is 4.17. The van der Waals surface area contributed by atoms with Gasteiger partial charge in [-0.2, -0.15) is 0 Å². The zero-order chi connectivity index (χ0) is 7.82. The number of hydrogen-bond donors (Lipinski definition) is 0. The monoisotopic (exact) mass is 246 g/mol. The van der Waals surface area contributed by atoms with Gasteiger partial charge >= 0.3 is 0 Å². The second kappa shape index (κ2) is 6.81. The molecule has 0 aliphatic heterocycles. The fraction of sp³-hybridized carbons (Fsp3) is 0.111. The van der Waals surface area contributed by atoms with Gasteiger partial charge in [-0.15, -0.1) is 0 Å². The number of halogens is 1. The lowest BCUT2D eigenvalue weighted by Gasteiger charge is -1.86. The molecule has 54 valence electrons. The van der Waals surface area contributed by atoms with Gasteiger partial charge in [0, 0.05) is 0 Å². The van der Waals surface area contributed by atoms with Crippen LogP contribution in [0.4, 0.5) is 0 Å². The van der Waals surface area contributed by atoms with Crippen molar-refractivity contribution in [3.05, 3.63) is 46.6 Å². The molecule has 0 atom stereocenters. The van der Waals surface area contributed by atoms with Crippen LogP contribution in [0.2, 0.25) is 0 Å². The lowest BCUT2D eigenvalue weighted by atomic mass is 10.2. The largest absolute Gasteiger partial charge is 0.0985 e. The Morgan fingerprint density at radius 3 is 2.60 bits per heavy atom. The van der Waals surface area contributed by atoms with E-state index in [2.05, 4.69) is 29.2 Å². The molecule has 0 radical (unpaired) electrons. The first-order chi connectivity index (χ1) is 4.85. The van der Waals surface area contributed by atoms with Crippen molar-refractivity contribution >= 4 is 22.6 Å². The standard InChI is InChI=1S/C9H11I/c1-3-5-6-9(4-2)7-8-10/h3-8H,2H2,1H3/b5-3-,8-7+,9-6+. The van der Waals surface area contributed by atoms with E-state index in [-0.39, 0.29) is 0 Å². The first-order valence-electron chi connectivity index (χ1n) is 3.07. The van der Waals surface area contributed by atoms with Crippen LogP contribution in [0.5, 0.6) is 0 Å². The van der Waals surface area contributed by atoms with Crippen LogP contribution in [0.3, 0.4) is 0 Å². The summed E-state index contributed by atoms with van der Waals surface area (Å²) in [5.74, 6) is 0. The van der Waals surface area contributed by atoms with E-state index in [1.807, 2.05) is 41.4 Å². The van der Waals surface area contributed by atoms with E-state index in [9.17, 15) is 0 Å². The molecule has 0 saturated carbocycles. The van der Waals surface area contributed by atoms with Gasteiger partial charge in [0.25, 0.3) is 0 Å². The van der Waals surface area contributed by atoms with Crippen LogP contribution in [0, 0.1) is 0 Å². The van der Waals surface area contributed by atoms with Gasteiger partial charge in [0.2, 0.25) is 0 Å². The SMILES string of the molecule is C=CC(/C=C/I)=C\C=C/C. The van der Waals surface area contributed by atoms with Crippen molar-refractivity contribution in [1.29, 1.82) is 0 Å².